The summed E-state index contributed by atoms with van der Waals surface area (Å²) in [4.78, 5) is 4.85. The third-order valence-electron chi connectivity index (χ3n) is 14.6. The lowest BCUT2D eigenvalue weighted by Crippen LogP contribution is -2.11. The Balaban J connectivity index is 1.21. The molecule has 0 aliphatic rings. The minimum Gasteiger partial charge on any atom is -0.310 e. The van der Waals surface area contributed by atoms with Gasteiger partial charge in [-0.25, -0.2) is 0 Å². The molecule has 0 aliphatic heterocycles. The number of rotatable bonds is 14. The van der Waals surface area contributed by atoms with Crippen LogP contribution >= 0.6 is 0 Å². The summed E-state index contributed by atoms with van der Waals surface area (Å²) in [7, 11) is 0. The normalized spacial score (nSPS) is 11.3. The van der Waals surface area contributed by atoms with Gasteiger partial charge in [-0.1, -0.05) is 198 Å². The number of hydrogen-bond donors (Lipinski definition) is 0. The molecule has 0 amide bonds. The number of fused-ring (bicyclic) bond motifs is 2. The SMILES string of the molecule is CCc1ccc(N(c2ccc(CC)cc2)c2ccc3c(-c4ccc(-c5ccccc5)cc4)c4cc(N(c5ccc(CC)cc5)c5ccc(CC)cc5)ccc4c(-c4ccc(-c5ccccc5)cc4)c3c2)cc1. The standard InChI is InChI=1S/C70H60N2/c1-5-49-19-35-59(36-20-49)71(60-37-21-50(6-2)22-38-60)63-43-45-65-67(47-63)69(57-31-27-55(28-32-57)53-15-11-9-12-16-53)66-46-44-64(48-68(66)70(65)58-33-29-56(30-34-58)54-17-13-10-14-18-54)72(61-39-23-51(7-3)24-40-61)62-41-25-52(8-4)26-42-62/h9-48H,5-8H2,1-4H3. The van der Waals surface area contributed by atoms with Gasteiger partial charge in [0.05, 0.1) is 0 Å². The molecular weight excluding hydrogens is 869 g/mol. The number of aryl methyl sites for hydroxylation is 4. The first-order chi connectivity index (χ1) is 35.5. The summed E-state index contributed by atoms with van der Waals surface area (Å²) in [5, 5.41) is 4.80. The zero-order chi connectivity index (χ0) is 49.0. The molecule has 11 aromatic rings. The van der Waals surface area contributed by atoms with Crippen LogP contribution in [-0.4, -0.2) is 0 Å². The van der Waals surface area contributed by atoms with Gasteiger partial charge in [-0.2, -0.15) is 0 Å². The molecular formula is C70H60N2. The van der Waals surface area contributed by atoms with E-state index >= 15 is 0 Å². The summed E-state index contributed by atoms with van der Waals surface area (Å²) >= 11 is 0. The van der Waals surface area contributed by atoms with Gasteiger partial charge < -0.3 is 9.80 Å². The van der Waals surface area contributed by atoms with Gasteiger partial charge in [-0.15, -0.1) is 0 Å². The fourth-order valence-corrected chi connectivity index (χ4v) is 10.4. The van der Waals surface area contributed by atoms with Crippen LogP contribution in [0, 0.1) is 0 Å². The van der Waals surface area contributed by atoms with Crippen molar-refractivity contribution in [1.82, 2.24) is 0 Å². The van der Waals surface area contributed by atoms with Gasteiger partial charge in [0.2, 0.25) is 0 Å². The molecule has 2 heteroatoms. The molecule has 0 aromatic heterocycles. The number of benzene rings is 11. The van der Waals surface area contributed by atoms with E-state index in [1.54, 1.807) is 0 Å². The highest BCUT2D eigenvalue weighted by Gasteiger charge is 2.23. The lowest BCUT2D eigenvalue weighted by molar-refractivity contribution is 1.13. The average Bonchev–Trinajstić information content (AvgIpc) is 3.46. The van der Waals surface area contributed by atoms with Crippen LogP contribution in [0.4, 0.5) is 34.1 Å². The van der Waals surface area contributed by atoms with Crippen LogP contribution in [-0.2, 0) is 25.7 Å². The summed E-state index contributed by atoms with van der Waals surface area (Å²) in [6, 6.07) is 90.6. The molecule has 0 N–H and O–H groups in total. The van der Waals surface area contributed by atoms with E-state index in [0.717, 1.165) is 59.8 Å². The Hall–Kier alpha value is -8.46. The fourth-order valence-electron chi connectivity index (χ4n) is 10.4. The maximum atomic E-state index is 2.45. The number of nitrogens with zero attached hydrogens (tertiary/aromatic N) is 2. The molecule has 0 spiro atoms. The van der Waals surface area contributed by atoms with Gasteiger partial charge in [0.15, 0.2) is 0 Å². The third-order valence-corrected chi connectivity index (χ3v) is 14.6. The molecule has 11 rings (SSSR count). The van der Waals surface area contributed by atoms with Crippen LogP contribution in [0.25, 0.3) is 66.1 Å². The molecule has 0 heterocycles. The Labute approximate surface area is 426 Å². The van der Waals surface area contributed by atoms with Crippen molar-refractivity contribution in [2.45, 2.75) is 53.4 Å². The van der Waals surface area contributed by atoms with Crippen molar-refractivity contribution >= 4 is 55.7 Å². The van der Waals surface area contributed by atoms with Gasteiger partial charge in [0.25, 0.3) is 0 Å². The first kappa shape index (κ1) is 46.0. The first-order valence-corrected chi connectivity index (χ1v) is 25.8. The topological polar surface area (TPSA) is 6.48 Å². The average molecular weight is 929 g/mol. The van der Waals surface area contributed by atoms with Crippen LogP contribution in [0.3, 0.4) is 0 Å². The van der Waals surface area contributed by atoms with Crippen molar-refractivity contribution in [2.75, 3.05) is 9.80 Å². The Kier molecular flexibility index (Phi) is 13.1. The Morgan fingerprint density at radius 1 is 0.222 bits per heavy atom. The van der Waals surface area contributed by atoms with Gasteiger partial charge in [0.1, 0.15) is 0 Å². The summed E-state index contributed by atoms with van der Waals surface area (Å²) in [5.74, 6) is 0. The zero-order valence-corrected chi connectivity index (χ0v) is 41.8. The van der Waals surface area contributed by atoms with E-state index in [9.17, 15) is 0 Å². The van der Waals surface area contributed by atoms with E-state index < -0.39 is 0 Å². The quantitative estimate of drug-likeness (QED) is 0.100. The van der Waals surface area contributed by atoms with E-state index in [-0.39, 0.29) is 0 Å². The first-order valence-electron chi connectivity index (χ1n) is 25.8. The second-order valence-electron chi connectivity index (χ2n) is 18.8. The third kappa shape index (κ3) is 9.09. The van der Waals surface area contributed by atoms with Crippen LogP contribution in [0.2, 0.25) is 0 Å². The summed E-state index contributed by atoms with van der Waals surface area (Å²) in [5.41, 5.74) is 21.6. The van der Waals surface area contributed by atoms with Crippen molar-refractivity contribution < 1.29 is 0 Å². The molecule has 0 fully saturated rings. The van der Waals surface area contributed by atoms with E-state index in [1.807, 2.05) is 0 Å². The molecule has 0 bridgehead atoms. The predicted molar refractivity (Wildman–Crippen MR) is 310 cm³/mol. The lowest BCUT2D eigenvalue weighted by Gasteiger charge is -2.28. The highest BCUT2D eigenvalue weighted by atomic mass is 15.1. The second-order valence-corrected chi connectivity index (χ2v) is 18.8. The maximum absolute atomic E-state index is 2.45. The van der Waals surface area contributed by atoms with Crippen LogP contribution in [0.15, 0.2) is 243 Å². The molecule has 0 saturated carbocycles. The highest BCUT2D eigenvalue weighted by Crippen LogP contribution is 2.49. The molecule has 72 heavy (non-hydrogen) atoms. The number of hydrogen-bond acceptors (Lipinski definition) is 2. The van der Waals surface area contributed by atoms with Crippen molar-refractivity contribution in [3.8, 4) is 44.5 Å². The van der Waals surface area contributed by atoms with Gasteiger partial charge in [-0.3, -0.25) is 0 Å². The van der Waals surface area contributed by atoms with E-state index in [4.69, 9.17) is 0 Å². The minimum absolute atomic E-state index is 0.992. The monoisotopic (exact) mass is 928 g/mol. The van der Waals surface area contributed by atoms with Crippen LogP contribution < -0.4 is 9.80 Å². The molecule has 2 nitrogen and oxygen atoms in total. The lowest BCUT2D eigenvalue weighted by atomic mass is 9.84. The summed E-state index contributed by atoms with van der Waals surface area (Å²) < 4.78 is 0. The van der Waals surface area contributed by atoms with E-state index in [0.29, 0.717) is 0 Å². The van der Waals surface area contributed by atoms with Crippen LogP contribution in [0.1, 0.15) is 49.9 Å². The Morgan fingerprint density at radius 3 is 0.750 bits per heavy atom. The van der Waals surface area contributed by atoms with Crippen molar-refractivity contribution in [2.24, 2.45) is 0 Å². The van der Waals surface area contributed by atoms with E-state index in [2.05, 4.69) is 280 Å². The van der Waals surface area contributed by atoms with Gasteiger partial charge in [0, 0.05) is 34.1 Å². The molecule has 0 unspecified atom stereocenters. The molecule has 0 aliphatic carbocycles. The summed E-state index contributed by atoms with van der Waals surface area (Å²) in [6.45, 7) is 8.88. The van der Waals surface area contributed by atoms with Crippen molar-refractivity contribution in [3.63, 3.8) is 0 Å². The molecule has 0 radical (unpaired) electrons. The smallest absolute Gasteiger partial charge is 0.0468 e. The minimum atomic E-state index is 0.992. The van der Waals surface area contributed by atoms with Gasteiger partial charge >= 0.3 is 0 Å². The van der Waals surface area contributed by atoms with Crippen molar-refractivity contribution in [1.29, 1.82) is 0 Å². The van der Waals surface area contributed by atoms with Gasteiger partial charge in [-0.05, 0) is 187 Å². The van der Waals surface area contributed by atoms with E-state index in [1.165, 1.54) is 88.3 Å². The van der Waals surface area contributed by atoms with Crippen molar-refractivity contribution in [3.05, 3.63) is 265 Å². The zero-order valence-electron chi connectivity index (χ0n) is 41.8. The maximum Gasteiger partial charge on any atom is 0.0468 e. The molecule has 11 aromatic carbocycles. The Morgan fingerprint density at radius 2 is 0.472 bits per heavy atom. The molecule has 0 atom stereocenters. The molecule has 350 valence electrons. The van der Waals surface area contributed by atoms with Crippen LogP contribution in [0.5, 0.6) is 0 Å². The Bertz CT molecular complexity index is 3260. The second kappa shape index (κ2) is 20.5. The molecule has 0 saturated heterocycles. The largest absolute Gasteiger partial charge is 0.310 e. The predicted octanol–water partition coefficient (Wildman–Crippen LogP) is 19.9. The fraction of sp³-hybridized carbons (Fsp3) is 0.114. The summed E-state index contributed by atoms with van der Waals surface area (Å²) in [6.07, 6.45) is 3.97. The number of anilines is 6. The highest BCUT2D eigenvalue weighted by molar-refractivity contribution is 6.22.